The van der Waals surface area contributed by atoms with Gasteiger partial charge in [0, 0.05) is 25.3 Å². The largest absolute Gasteiger partial charge is 0.495 e. The summed E-state index contributed by atoms with van der Waals surface area (Å²) >= 11 is 6.06. The summed E-state index contributed by atoms with van der Waals surface area (Å²) in [4.78, 5) is 0. The van der Waals surface area contributed by atoms with Crippen LogP contribution in [0.1, 0.15) is 6.92 Å². The summed E-state index contributed by atoms with van der Waals surface area (Å²) in [5.74, 6) is 1.27. The Hall–Kier alpha value is -1.17. The number of nitrogens with one attached hydrogen (secondary N) is 1. The van der Waals surface area contributed by atoms with E-state index in [0.717, 1.165) is 5.69 Å². The van der Waals surface area contributed by atoms with Crippen LogP contribution >= 0.6 is 11.6 Å². The molecule has 1 rings (SSSR count). The van der Waals surface area contributed by atoms with Gasteiger partial charge in [-0.1, -0.05) is 11.6 Å². The fraction of sp³-hybridized carbons (Fsp3) is 0.571. The molecule has 0 aliphatic carbocycles. The van der Waals surface area contributed by atoms with Crippen LogP contribution in [0.25, 0.3) is 0 Å². The predicted octanol–water partition coefficient (Wildman–Crippen LogP) is 2.82. The van der Waals surface area contributed by atoms with E-state index >= 15 is 0 Å². The minimum atomic E-state index is 0.117. The fourth-order valence-electron chi connectivity index (χ4n) is 1.68. The molecule has 0 radical (unpaired) electrons. The van der Waals surface area contributed by atoms with Crippen molar-refractivity contribution in [3.05, 3.63) is 17.2 Å². The van der Waals surface area contributed by atoms with Gasteiger partial charge in [-0.05, 0) is 6.92 Å². The van der Waals surface area contributed by atoms with E-state index in [2.05, 4.69) is 5.32 Å². The van der Waals surface area contributed by atoms with E-state index < -0.39 is 0 Å². The van der Waals surface area contributed by atoms with Crippen LogP contribution in [0.2, 0.25) is 5.02 Å². The van der Waals surface area contributed by atoms with Crippen molar-refractivity contribution in [1.29, 1.82) is 0 Å². The van der Waals surface area contributed by atoms with E-state index in [-0.39, 0.29) is 6.04 Å². The number of anilines is 1. The Bertz CT molecular complexity index is 414. The number of rotatable bonds is 9. The lowest BCUT2D eigenvalue weighted by Crippen LogP contribution is -2.23. The number of hydrogen-bond donors (Lipinski definition) is 1. The molecular weight excluding hydrogens is 282 g/mol. The van der Waals surface area contributed by atoms with Crippen molar-refractivity contribution < 1.29 is 18.9 Å². The van der Waals surface area contributed by atoms with Crippen LogP contribution in [-0.4, -0.2) is 47.2 Å². The van der Waals surface area contributed by atoms with Gasteiger partial charge in [-0.3, -0.25) is 0 Å². The molecule has 0 bridgehead atoms. The molecule has 5 nitrogen and oxygen atoms in total. The third kappa shape index (κ3) is 5.07. The lowest BCUT2D eigenvalue weighted by Gasteiger charge is -2.19. The van der Waals surface area contributed by atoms with Crippen molar-refractivity contribution in [2.75, 3.05) is 46.5 Å². The normalized spacial score (nSPS) is 12.1. The lowest BCUT2D eigenvalue weighted by molar-refractivity contribution is 0.0676. The second kappa shape index (κ2) is 8.89. The van der Waals surface area contributed by atoms with Crippen LogP contribution < -0.4 is 14.8 Å². The second-order valence-corrected chi connectivity index (χ2v) is 4.71. The van der Waals surface area contributed by atoms with Crippen molar-refractivity contribution in [3.63, 3.8) is 0 Å². The number of hydrogen-bond acceptors (Lipinski definition) is 5. The Labute approximate surface area is 125 Å². The second-order valence-electron chi connectivity index (χ2n) is 4.30. The molecule has 0 heterocycles. The SMILES string of the molecule is COCCOC[C@H](C)Nc1cc(OC)c(Cl)cc1OC. The minimum Gasteiger partial charge on any atom is -0.495 e. The van der Waals surface area contributed by atoms with Crippen molar-refractivity contribution in [2.24, 2.45) is 0 Å². The summed E-state index contributed by atoms with van der Waals surface area (Å²) in [7, 11) is 4.83. The van der Waals surface area contributed by atoms with Gasteiger partial charge in [-0.25, -0.2) is 0 Å². The van der Waals surface area contributed by atoms with Crippen molar-refractivity contribution >= 4 is 17.3 Å². The van der Waals surface area contributed by atoms with Crippen LogP contribution in [0.15, 0.2) is 12.1 Å². The molecule has 0 unspecified atom stereocenters. The van der Waals surface area contributed by atoms with Crippen molar-refractivity contribution in [3.8, 4) is 11.5 Å². The van der Waals surface area contributed by atoms with E-state index in [0.29, 0.717) is 36.3 Å². The van der Waals surface area contributed by atoms with Crippen LogP contribution in [0.3, 0.4) is 0 Å². The quantitative estimate of drug-likeness (QED) is 0.711. The molecule has 20 heavy (non-hydrogen) atoms. The van der Waals surface area contributed by atoms with E-state index in [1.165, 1.54) is 0 Å². The van der Waals surface area contributed by atoms with Gasteiger partial charge in [0.1, 0.15) is 11.5 Å². The molecule has 6 heteroatoms. The highest BCUT2D eigenvalue weighted by molar-refractivity contribution is 6.32. The maximum absolute atomic E-state index is 6.06. The number of halogens is 1. The minimum absolute atomic E-state index is 0.117. The fourth-order valence-corrected chi connectivity index (χ4v) is 1.91. The Balaban J connectivity index is 2.65. The molecule has 0 spiro atoms. The predicted molar refractivity (Wildman–Crippen MR) is 80.3 cm³/mol. The maximum Gasteiger partial charge on any atom is 0.143 e. The Morgan fingerprint density at radius 3 is 2.40 bits per heavy atom. The molecule has 0 saturated heterocycles. The lowest BCUT2D eigenvalue weighted by atomic mass is 10.2. The molecule has 1 N–H and O–H groups in total. The van der Waals surface area contributed by atoms with Gasteiger partial charge in [0.05, 0.1) is 44.8 Å². The van der Waals surface area contributed by atoms with E-state index in [4.69, 9.17) is 30.5 Å². The molecule has 1 aromatic carbocycles. The molecule has 0 amide bonds. The molecule has 0 aliphatic heterocycles. The zero-order chi connectivity index (χ0) is 15.0. The summed E-state index contributed by atoms with van der Waals surface area (Å²) in [5, 5.41) is 3.82. The van der Waals surface area contributed by atoms with Crippen LogP contribution in [0, 0.1) is 0 Å². The standard InChI is InChI=1S/C14H22ClNO4/c1-10(9-20-6-5-17-2)16-12-8-13(18-3)11(15)7-14(12)19-4/h7-8,10,16H,5-6,9H2,1-4H3/t10-/m0/s1. The highest BCUT2D eigenvalue weighted by atomic mass is 35.5. The summed E-state index contributed by atoms with van der Waals surface area (Å²) in [5.41, 5.74) is 0.816. The Morgan fingerprint density at radius 2 is 1.80 bits per heavy atom. The van der Waals surface area contributed by atoms with Gasteiger partial charge in [0.15, 0.2) is 0 Å². The molecule has 114 valence electrons. The average molecular weight is 304 g/mol. The smallest absolute Gasteiger partial charge is 0.143 e. The number of methoxy groups -OCH3 is 3. The molecular formula is C14H22ClNO4. The topological polar surface area (TPSA) is 49.0 Å². The average Bonchev–Trinajstić information content (AvgIpc) is 2.45. The highest BCUT2D eigenvalue weighted by Crippen LogP contribution is 2.36. The van der Waals surface area contributed by atoms with Gasteiger partial charge >= 0.3 is 0 Å². The maximum atomic E-state index is 6.06. The highest BCUT2D eigenvalue weighted by Gasteiger charge is 2.12. The monoisotopic (exact) mass is 303 g/mol. The zero-order valence-electron chi connectivity index (χ0n) is 12.4. The molecule has 0 fully saturated rings. The third-order valence-corrected chi connectivity index (χ3v) is 2.97. The van der Waals surface area contributed by atoms with Crippen LogP contribution in [0.5, 0.6) is 11.5 Å². The van der Waals surface area contributed by atoms with Gasteiger partial charge in [0.25, 0.3) is 0 Å². The van der Waals surface area contributed by atoms with E-state index in [1.54, 1.807) is 27.4 Å². The zero-order valence-corrected chi connectivity index (χ0v) is 13.1. The summed E-state index contributed by atoms with van der Waals surface area (Å²) in [6.45, 7) is 3.75. The first-order chi connectivity index (χ1) is 9.62. The van der Waals surface area contributed by atoms with Gasteiger partial charge < -0.3 is 24.3 Å². The number of benzene rings is 1. The Kier molecular flexibility index (Phi) is 7.51. The summed E-state index contributed by atoms with van der Waals surface area (Å²) < 4.78 is 20.9. The Morgan fingerprint density at radius 1 is 1.10 bits per heavy atom. The first-order valence-corrected chi connectivity index (χ1v) is 6.74. The summed E-state index contributed by atoms with van der Waals surface area (Å²) in [6.07, 6.45) is 0. The van der Waals surface area contributed by atoms with Crippen molar-refractivity contribution in [1.82, 2.24) is 0 Å². The first-order valence-electron chi connectivity index (χ1n) is 6.37. The van der Waals surface area contributed by atoms with E-state index in [1.807, 2.05) is 13.0 Å². The third-order valence-electron chi connectivity index (χ3n) is 2.68. The van der Waals surface area contributed by atoms with Gasteiger partial charge in [0.2, 0.25) is 0 Å². The molecule has 1 atom stereocenters. The summed E-state index contributed by atoms with van der Waals surface area (Å²) in [6, 6.07) is 3.65. The van der Waals surface area contributed by atoms with Crippen molar-refractivity contribution in [2.45, 2.75) is 13.0 Å². The molecule has 0 aliphatic rings. The molecule has 0 saturated carbocycles. The first kappa shape index (κ1) is 16.9. The number of ether oxygens (including phenoxy) is 4. The van der Waals surface area contributed by atoms with Crippen LogP contribution in [0.4, 0.5) is 5.69 Å². The van der Waals surface area contributed by atoms with Gasteiger partial charge in [-0.2, -0.15) is 0 Å². The van der Waals surface area contributed by atoms with Gasteiger partial charge in [-0.15, -0.1) is 0 Å². The molecule has 1 aromatic rings. The molecule has 0 aromatic heterocycles. The van der Waals surface area contributed by atoms with Crippen LogP contribution in [-0.2, 0) is 9.47 Å². The van der Waals surface area contributed by atoms with E-state index in [9.17, 15) is 0 Å².